The minimum absolute atomic E-state index is 0.0726. The van der Waals surface area contributed by atoms with Crippen molar-refractivity contribution >= 4 is 23.4 Å². The van der Waals surface area contributed by atoms with Crippen molar-refractivity contribution < 1.29 is 9.59 Å². The molecule has 0 aliphatic carbocycles. The van der Waals surface area contributed by atoms with Gasteiger partial charge < -0.3 is 10.2 Å². The van der Waals surface area contributed by atoms with Gasteiger partial charge in [0.1, 0.15) is 6.04 Å². The first-order valence-corrected chi connectivity index (χ1v) is 6.72. The van der Waals surface area contributed by atoms with Crippen LogP contribution in [-0.4, -0.2) is 35.8 Å². The van der Waals surface area contributed by atoms with Gasteiger partial charge in [0, 0.05) is 23.7 Å². The third-order valence-corrected chi connectivity index (χ3v) is 3.46. The number of benzene rings is 1. The Labute approximate surface area is 117 Å². The normalized spacial score (nSPS) is 19.5. The first-order chi connectivity index (χ1) is 9.00. The van der Waals surface area contributed by atoms with Gasteiger partial charge in [-0.25, -0.2) is 0 Å². The fourth-order valence-corrected chi connectivity index (χ4v) is 2.55. The minimum Gasteiger partial charge on any atom is -0.353 e. The zero-order valence-corrected chi connectivity index (χ0v) is 11.8. The van der Waals surface area contributed by atoms with Crippen LogP contribution in [-0.2, 0) is 4.79 Å². The molecule has 2 amide bonds. The molecule has 4 nitrogen and oxygen atoms in total. The third kappa shape index (κ3) is 2.89. The van der Waals surface area contributed by atoms with Crippen LogP contribution in [0.5, 0.6) is 0 Å². The second kappa shape index (κ2) is 5.61. The smallest absolute Gasteiger partial charge is 0.254 e. The molecular weight excluding hydrogens is 264 g/mol. The number of carbonyl (C=O) groups is 2. The maximum atomic E-state index is 12.5. The Balaban J connectivity index is 2.28. The van der Waals surface area contributed by atoms with Crippen LogP contribution in [0.15, 0.2) is 24.3 Å². The van der Waals surface area contributed by atoms with Gasteiger partial charge in [-0.3, -0.25) is 9.59 Å². The van der Waals surface area contributed by atoms with E-state index in [0.29, 0.717) is 23.7 Å². The molecule has 0 spiro atoms. The van der Waals surface area contributed by atoms with E-state index in [0.717, 1.165) is 0 Å². The van der Waals surface area contributed by atoms with Crippen molar-refractivity contribution in [1.82, 2.24) is 10.2 Å². The summed E-state index contributed by atoms with van der Waals surface area (Å²) in [5, 5.41) is 3.32. The summed E-state index contributed by atoms with van der Waals surface area (Å²) in [6, 6.07) is 6.40. The molecule has 5 heteroatoms. The van der Waals surface area contributed by atoms with E-state index in [4.69, 9.17) is 11.6 Å². The highest BCUT2D eigenvalue weighted by Crippen LogP contribution is 2.19. The van der Waals surface area contributed by atoms with E-state index < -0.39 is 6.04 Å². The van der Waals surface area contributed by atoms with Gasteiger partial charge in [0.2, 0.25) is 5.91 Å². The Morgan fingerprint density at radius 1 is 1.47 bits per heavy atom. The maximum Gasteiger partial charge on any atom is 0.254 e. The van der Waals surface area contributed by atoms with Gasteiger partial charge in [-0.15, -0.1) is 0 Å². The average molecular weight is 281 g/mol. The van der Waals surface area contributed by atoms with E-state index in [1.165, 1.54) is 0 Å². The van der Waals surface area contributed by atoms with Crippen LogP contribution in [0.2, 0.25) is 5.02 Å². The Kier molecular flexibility index (Phi) is 4.10. The largest absolute Gasteiger partial charge is 0.353 e. The number of nitrogens with one attached hydrogen (secondary N) is 1. The van der Waals surface area contributed by atoms with Crippen molar-refractivity contribution in [3.63, 3.8) is 0 Å². The zero-order chi connectivity index (χ0) is 14.0. The van der Waals surface area contributed by atoms with E-state index in [2.05, 4.69) is 5.32 Å². The van der Waals surface area contributed by atoms with E-state index in [1.54, 1.807) is 29.2 Å². The number of amides is 2. The molecule has 1 aliphatic heterocycles. The summed E-state index contributed by atoms with van der Waals surface area (Å²) >= 11 is 5.91. The summed E-state index contributed by atoms with van der Waals surface area (Å²) in [7, 11) is 0. The van der Waals surface area contributed by atoms with Crippen molar-refractivity contribution in [1.29, 1.82) is 0 Å². The van der Waals surface area contributed by atoms with Crippen molar-refractivity contribution in [2.75, 3.05) is 13.1 Å². The molecular formula is C14H17ClN2O2. The quantitative estimate of drug-likeness (QED) is 0.900. The first kappa shape index (κ1) is 13.9. The highest BCUT2D eigenvalue weighted by molar-refractivity contribution is 6.31. The molecule has 1 saturated heterocycles. The first-order valence-electron chi connectivity index (χ1n) is 6.35. The number of carbonyl (C=O) groups excluding carboxylic acids is 2. The van der Waals surface area contributed by atoms with Crippen LogP contribution in [0.4, 0.5) is 0 Å². The summed E-state index contributed by atoms with van der Waals surface area (Å²) in [6.45, 7) is 4.90. The van der Waals surface area contributed by atoms with E-state index in [9.17, 15) is 9.59 Å². The van der Waals surface area contributed by atoms with E-state index >= 15 is 0 Å². The maximum absolute atomic E-state index is 12.5. The number of nitrogens with zero attached hydrogens (tertiary/aromatic N) is 1. The van der Waals surface area contributed by atoms with Crippen molar-refractivity contribution in [2.24, 2.45) is 5.92 Å². The summed E-state index contributed by atoms with van der Waals surface area (Å²) < 4.78 is 0. The lowest BCUT2D eigenvalue weighted by atomic mass is 9.98. The summed E-state index contributed by atoms with van der Waals surface area (Å²) in [5.74, 6) is -0.156. The molecule has 19 heavy (non-hydrogen) atoms. The SMILES string of the molecule is CC(C)C1C(=O)NCCN1C(=O)c1cccc(Cl)c1. The Hall–Kier alpha value is -1.55. The molecule has 1 atom stereocenters. The number of hydrogen-bond acceptors (Lipinski definition) is 2. The molecule has 1 fully saturated rings. The van der Waals surface area contributed by atoms with E-state index in [-0.39, 0.29) is 17.7 Å². The third-order valence-electron chi connectivity index (χ3n) is 3.22. The molecule has 1 unspecified atom stereocenters. The van der Waals surface area contributed by atoms with Gasteiger partial charge in [0.15, 0.2) is 0 Å². The van der Waals surface area contributed by atoms with Gasteiger partial charge in [-0.2, -0.15) is 0 Å². The van der Waals surface area contributed by atoms with Gasteiger partial charge in [0.25, 0.3) is 5.91 Å². The monoisotopic (exact) mass is 280 g/mol. The molecule has 2 rings (SSSR count). The van der Waals surface area contributed by atoms with Gasteiger partial charge >= 0.3 is 0 Å². The lowest BCUT2D eigenvalue weighted by Crippen LogP contribution is -2.59. The minimum atomic E-state index is -0.416. The Bertz CT molecular complexity index is 502. The second-order valence-electron chi connectivity index (χ2n) is 4.99. The Morgan fingerprint density at radius 2 is 2.21 bits per heavy atom. The lowest BCUT2D eigenvalue weighted by molar-refractivity contribution is -0.129. The highest BCUT2D eigenvalue weighted by Gasteiger charge is 2.35. The molecule has 1 N–H and O–H groups in total. The summed E-state index contributed by atoms with van der Waals surface area (Å²) in [6.07, 6.45) is 0. The summed E-state index contributed by atoms with van der Waals surface area (Å²) in [4.78, 5) is 26.1. The predicted octanol–water partition coefficient (Wildman–Crippen LogP) is 1.94. The molecule has 0 bridgehead atoms. The fourth-order valence-electron chi connectivity index (χ4n) is 2.36. The number of hydrogen-bond donors (Lipinski definition) is 1. The van der Waals surface area contributed by atoms with Crippen LogP contribution >= 0.6 is 11.6 Å². The van der Waals surface area contributed by atoms with Crippen LogP contribution in [0.25, 0.3) is 0 Å². The van der Waals surface area contributed by atoms with Crippen molar-refractivity contribution in [3.05, 3.63) is 34.9 Å². The van der Waals surface area contributed by atoms with Crippen LogP contribution in [0.1, 0.15) is 24.2 Å². The van der Waals surface area contributed by atoms with Gasteiger partial charge in [-0.05, 0) is 24.1 Å². The van der Waals surface area contributed by atoms with Crippen molar-refractivity contribution in [2.45, 2.75) is 19.9 Å². The molecule has 0 aromatic heterocycles. The average Bonchev–Trinajstić information content (AvgIpc) is 2.37. The zero-order valence-electron chi connectivity index (χ0n) is 11.0. The number of rotatable bonds is 2. The molecule has 1 aliphatic rings. The van der Waals surface area contributed by atoms with Crippen LogP contribution in [0, 0.1) is 5.92 Å². The van der Waals surface area contributed by atoms with Crippen LogP contribution < -0.4 is 5.32 Å². The highest BCUT2D eigenvalue weighted by atomic mass is 35.5. The topological polar surface area (TPSA) is 49.4 Å². The molecule has 0 radical (unpaired) electrons. The molecule has 1 aromatic carbocycles. The van der Waals surface area contributed by atoms with E-state index in [1.807, 2.05) is 13.8 Å². The number of piperazine rings is 1. The summed E-state index contributed by atoms with van der Waals surface area (Å²) in [5.41, 5.74) is 0.521. The van der Waals surface area contributed by atoms with Gasteiger partial charge in [-0.1, -0.05) is 31.5 Å². The molecule has 0 saturated carbocycles. The number of halogens is 1. The lowest BCUT2D eigenvalue weighted by Gasteiger charge is -2.37. The molecule has 1 aromatic rings. The second-order valence-corrected chi connectivity index (χ2v) is 5.43. The van der Waals surface area contributed by atoms with Crippen molar-refractivity contribution in [3.8, 4) is 0 Å². The molecule has 102 valence electrons. The Morgan fingerprint density at radius 3 is 2.84 bits per heavy atom. The molecule has 1 heterocycles. The predicted molar refractivity (Wildman–Crippen MR) is 74.1 cm³/mol. The van der Waals surface area contributed by atoms with Gasteiger partial charge in [0.05, 0.1) is 0 Å². The van der Waals surface area contributed by atoms with Crippen LogP contribution in [0.3, 0.4) is 0 Å². The fraction of sp³-hybridized carbons (Fsp3) is 0.429. The standard InChI is InChI=1S/C14H17ClN2O2/c1-9(2)12-13(18)16-6-7-17(12)14(19)10-4-3-5-11(15)8-10/h3-5,8-9,12H,6-7H2,1-2H3,(H,16,18).